The Hall–Kier alpha value is -3.96. The van der Waals surface area contributed by atoms with Gasteiger partial charge in [-0.25, -0.2) is 13.4 Å². The third kappa shape index (κ3) is 7.52. The van der Waals surface area contributed by atoms with Crippen LogP contribution in [0.15, 0.2) is 58.1 Å². The molecule has 0 aliphatic carbocycles. The van der Waals surface area contributed by atoms with Gasteiger partial charge in [-0.3, -0.25) is 4.90 Å². The van der Waals surface area contributed by atoms with E-state index in [1.54, 1.807) is 44.3 Å². The molecule has 11 heteroatoms. The molecule has 43 heavy (non-hydrogen) atoms. The van der Waals surface area contributed by atoms with Crippen molar-refractivity contribution in [2.75, 3.05) is 23.7 Å². The first kappa shape index (κ1) is 32.0. The largest absolute Gasteiger partial charge is 0.489 e. The van der Waals surface area contributed by atoms with Crippen molar-refractivity contribution in [3.63, 3.8) is 0 Å². The Labute approximate surface area is 254 Å². The Morgan fingerprint density at radius 1 is 0.953 bits per heavy atom. The minimum atomic E-state index is -3.51. The smallest absolute Gasteiger partial charge is 0.229 e. The summed E-state index contributed by atoms with van der Waals surface area (Å²) in [4.78, 5) is 11.7. The summed E-state index contributed by atoms with van der Waals surface area (Å²) in [6, 6.07) is 12.7. The minimum Gasteiger partial charge on any atom is -0.489 e. The zero-order valence-corrected chi connectivity index (χ0v) is 27.0. The molecule has 0 aliphatic rings. The number of nitrogens with zero attached hydrogens (tertiary/aromatic N) is 4. The topological polar surface area (TPSA) is 122 Å². The number of benzene rings is 2. The van der Waals surface area contributed by atoms with Crippen molar-refractivity contribution in [1.29, 1.82) is 0 Å². The van der Waals surface area contributed by atoms with Gasteiger partial charge in [-0.15, -0.1) is 0 Å². The van der Waals surface area contributed by atoms with Crippen LogP contribution in [0.25, 0.3) is 11.3 Å². The normalized spacial score (nSPS) is 11.9. The summed E-state index contributed by atoms with van der Waals surface area (Å²) in [6.45, 7) is 18.0. The summed E-state index contributed by atoms with van der Waals surface area (Å²) in [5.41, 5.74) is 4.59. The van der Waals surface area contributed by atoms with Gasteiger partial charge in [0.1, 0.15) is 11.6 Å². The molecule has 2 N–H and O–H groups in total. The van der Waals surface area contributed by atoms with E-state index in [4.69, 9.17) is 14.2 Å². The molecular formula is C32H42N6O4S. The third-order valence-corrected chi connectivity index (χ3v) is 9.29. The molecule has 0 bridgehead atoms. The van der Waals surface area contributed by atoms with Crippen LogP contribution in [-0.4, -0.2) is 52.9 Å². The van der Waals surface area contributed by atoms with Crippen molar-refractivity contribution in [2.24, 2.45) is 0 Å². The van der Waals surface area contributed by atoms with Crippen molar-refractivity contribution in [1.82, 2.24) is 20.0 Å². The molecule has 10 nitrogen and oxygen atoms in total. The van der Waals surface area contributed by atoms with Gasteiger partial charge in [-0.1, -0.05) is 31.1 Å². The monoisotopic (exact) mass is 606 g/mol. The number of hydrogen-bond acceptors (Lipinski definition) is 10. The number of aryl methyl sites for hydroxylation is 2. The summed E-state index contributed by atoms with van der Waals surface area (Å²) in [5.74, 6) is 2.11. The van der Waals surface area contributed by atoms with E-state index in [1.807, 2.05) is 45.9 Å². The molecule has 0 atom stereocenters. The number of para-hydroxylation sites is 1. The van der Waals surface area contributed by atoms with Gasteiger partial charge >= 0.3 is 0 Å². The molecule has 4 aromatic rings. The zero-order valence-electron chi connectivity index (χ0n) is 26.2. The highest BCUT2D eigenvalue weighted by atomic mass is 32.2. The van der Waals surface area contributed by atoms with Gasteiger partial charge in [-0.05, 0) is 84.5 Å². The van der Waals surface area contributed by atoms with Crippen molar-refractivity contribution in [3.05, 3.63) is 65.5 Å². The Morgan fingerprint density at radius 3 is 2.35 bits per heavy atom. The standard InChI is InChI=1S/C32H42N6O4S/c1-9-38(10-2)19-24-16-28(42-37-24)25-17-27(29(15-22(25)7)41-20(3)4)35-32-33-18-23(8)31(36-32)34-26-13-11-12-14-30(26)43(39,40)21(5)6/h11-18,20-21H,9-10,19H2,1-8H3,(H2,33,34,35,36). The number of nitrogens with one attached hydrogen (secondary N) is 2. The molecule has 230 valence electrons. The lowest BCUT2D eigenvalue weighted by Crippen LogP contribution is -2.22. The lowest BCUT2D eigenvalue weighted by Gasteiger charge is -2.18. The minimum absolute atomic E-state index is 0.0627. The summed E-state index contributed by atoms with van der Waals surface area (Å²) in [7, 11) is -3.51. The lowest BCUT2D eigenvalue weighted by atomic mass is 10.0. The van der Waals surface area contributed by atoms with Crippen molar-refractivity contribution >= 4 is 33.0 Å². The van der Waals surface area contributed by atoms with Gasteiger partial charge in [-0.2, -0.15) is 4.98 Å². The molecule has 0 amide bonds. The van der Waals surface area contributed by atoms with Gasteiger partial charge < -0.3 is 19.9 Å². The predicted octanol–water partition coefficient (Wildman–Crippen LogP) is 7.05. The quantitative estimate of drug-likeness (QED) is 0.164. The third-order valence-electron chi connectivity index (χ3n) is 7.08. The molecule has 0 unspecified atom stereocenters. The second-order valence-electron chi connectivity index (χ2n) is 11.0. The van der Waals surface area contributed by atoms with Crippen LogP contribution in [0.3, 0.4) is 0 Å². The first-order chi connectivity index (χ1) is 20.4. The van der Waals surface area contributed by atoms with E-state index in [0.717, 1.165) is 35.5 Å². The van der Waals surface area contributed by atoms with Crippen LogP contribution in [0.4, 0.5) is 23.1 Å². The fourth-order valence-electron chi connectivity index (χ4n) is 4.53. The second kappa shape index (κ2) is 13.6. The van der Waals surface area contributed by atoms with Crippen LogP contribution in [0, 0.1) is 13.8 Å². The fourth-order valence-corrected chi connectivity index (χ4v) is 5.74. The molecule has 0 radical (unpaired) electrons. The van der Waals surface area contributed by atoms with Crippen LogP contribution in [-0.2, 0) is 16.4 Å². The Balaban J connectivity index is 1.69. The number of anilines is 4. The van der Waals surface area contributed by atoms with Crippen LogP contribution in [0.1, 0.15) is 58.4 Å². The maximum atomic E-state index is 13.0. The van der Waals surface area contributed by atoms with E-state index in [9.17, 15) is 8.42 Å². The summed E-state index contributed by atoms with van der Waals surface area (Å²) in [5, 5.41) is 10.3. The van der Waals surface area contributed by atoms with Gasteiger partial charge in [0.15, 0.2) is 15.6 Å². The predicted molar refractivity (Wildman–Crippen MR) is 171 cm³/mol. The van der Waals surface area contributed by atoms with E-state index in [1.165, 1.54) is 0 Å². The molecule has 0 saturated carbocycles. The van der Waals surface area contributed by atoms with Crippen LogP contribution in [0.2, 0.25) is 0 Å². The van der Waals surface area contributed by atoms with E-state index in [0.29, 0.717) is 41.2 Å². The van der Waals surface area contributed by atoms with Crippen molar-refractivity contribution in [2.45, 2.75) is 78.2 Å². The van der Waals surface area contributed by atoms with E-state index >= 15 is 0 Å². The molecule has 0 spiro atoms. The number of hydrogen-bond donors (Lipinski definition) is 2. The molecule has 2 aromatic carbocycles. The van der Waals surface area contributed by atoms with E-state index in [2.05, 4.69) is 39.5 Å². The molecule has 0 saturated heterocycles. The van der Waals surface area contributed by atoms with Gasteiger partial charge in [0.2, 0.25) is 5.95 Å². The molecule has 0 aliphatic heterocycles. The summed E-state index contributed by atoms with van der Waals surface area (Å²) in [6.07, 6.45) is 1.62. The van der Waals surface area contributed by atoms with Crippen LogP contribution in [0.5, 0.6) is 5.75 Å². The SMILES string of the molecule is CCN(CC)Cc1cc(-c2cc(Nc3ncc(C)c(Nc4ccccc4S(=O)(=O)C(C)C)n3)c(OC(C)C)cc2C)on1. The number of sulfone groups is 1. The first-order valence-corrected chi connectivity index (χ1v) is 16.2. The average molecular weight is 607 g/mol. The Bertz CT molecular complexity index is 1660. The summed E-state index contributed by atoms with van der Waals surface area (Å²) >= 11 is 0. The summed E-state index contributed by atoms with van der Waals surface area (Å²) < 4.78 is 37.9. The number of rotatable bonds is 13. The maximum absolute atomic E-state index is 13.0. The molecule has 4 rings (SSSR count). The second-order valence-corrected chi connectivity index (χ2v) is 13.5. The molecule has 2 heterocycles. The molecular weight excluding hydrogens is 564 g/mol. The molecule has 2 aromatic heterocycles. The first-order valence-electron chi connectivity index (χ1n) is 14.6. The van der Waals surface area contributed by atoms with Crippen LogP contribution >= 0.6 is 0 Å². The van der Waals surface area contributed by atoms with Gasteiger partial charge in [0.25, 0.3) is 0 Å². The van der Waals surface area contributed by atoms with Crippen molar-refractivity contribution < 1.29 is 17.7 Å². The highest BCUT2D eigenvalue weighted by Crippen LogP contribution is 2.37. The Morgan fingerprint density at radius 2 is 1.67 bits per heavy atom. The number of ether oxygens (including phenoxy) is 1. The van der Waals surface area contributed by atoms with Gasteiger partial charge in [0, 0.05) is 29.9 Å². The lowest BCUT2D eigenvalue weighted by molar-refractivity contribution is 0.243. The zero-order chi connectivity index (χ0) is 31.3. The Kier molecular flexibility index (Phi) is 10.1. The van der Waals surface area contributed by atoms with Gasteiger partial charge in [0.05, 0.1) is 33.3 Å². The maximum Gasteiger partial charge on any atom is 0.229 e. The highest BCUT2D eigenvalue weighted by Gasteiger charge is 2.23. The van der Waals surface area contributed by atoms with Crippen LogP contribution < -0.4 is 15.4 Å². The number of aromatic nitrogens is 3. The van der Waals surface area contributed by atoms with Crippen molar-refractivity contribution in [3.8, 4) is 17.1 Å². The van der Waals surface area contributed by atoms with E-state index < -0.39 is 15.1 Å². The average Bonchev–Trinajstić information content (AvgIpc) is 3.42. The van der Waals surface area contributed by atoms with E-state index in [-0.39, 0.29) is 11.0 Å². The molecule has 0 fully saturated rings. The fraction of sp³-hybridized carbons (Fsp3) is 0.406. The highest BCUT2D eigenvalue weighted by molar-refractivity contribution is 7.92.